The fourth-order valence-corrected chi connectivity index (χ4v) is 4.97. The quantitative estimate of drug-likeness (QED) is 0.366. The van der Waals surface area contributed by atoms with Crippen LogP contribution in [0.4, 0.5) is 0 Å². The summed E-state index contributed by atoms with van der Waals surface area (Å²) in [6.07, 6.45) is 7.24. The predicted octanol–water partition coefficient (Wildman–Crippen LogP) is 6.47. The molecule has 0 aromatic heterocycles. The Morgan fingerprint density at radius 2 is 1.41 bits per heavy atom. The lowest BCUT2D eigenvalue weighted by atomic mass is 9.65. The number of hydrogen-bond acceptors (Lipinski definition) is 2. The maximum absolute atomic E-state index is 11.2. The van der Waals surface area contributed by atoms with Gasteiger partial charge in [-0.15, -0.1) is 0 Å². The molecule has 1 aliphatic heterocycles. The van der Waals surface area contributed by atoms with E-state index in [1.807, 2.05) is 0 Å². The molecule has 0 spiro atoms. The van der Waals surface area contributed by atoms with Crippen LogP contribution in [-0.2, 0) is 4.74 Å². The minimum atomic E-state index is 0.0162. The van der Waals surface area contributed by atoms with Gasteiger partial charge in [0, 0.05) is 23.9 Å². The molecule has 1 saturated heterocycles. The zero-order valence-corrected chi connectivity index (χ0v) is 20.0. The molecule has 0 bridgehead atoms. The third kappa shape index (κ3) is 6.48. The highest BCUT2D eigenvalue weighted by molar-refractivity contribution is 5.75. The number of carbonyl (C=O) groups excluding carboxylic acids is 1. The summed E-state index contributed by atoms with van der Waals surface area (Å²) in [4.78, 5) is 11.2. The Bertz CT molecular complexity index is 471. The second-order valence-corrected chi connectivity index (χ2v) is 11.0. The van der Waals surface area contributed by atoms with Gasteiger partial charge >= 0.3 is 5.97 Å². The van der Waals surface area contributed by atoms with Crippen LogP contribution >= 0.6 is 0 Å². The molecule has 1 atom stereocenters. The van der Waals surface area contributed by atoms with Gasteiger partial charge in [-0.25, -0.2) is 0 Å². The summed E-state index contributed by atoms with van der Waals surface area (Å²) in [7, 11) is 0. The largest absolute Gasteiger partial charge is 0.486 e. The topological polar surface area (TPSA) is 42.7 Å². The van der Waals surface area contributed by atoms with Gasteiger partial charge in [-0.05, 0) is 57.8 Å². The molecule has 2 N–H and O–H groups in total. The molecule has 1 rings (SSSR count). The van der Waals surface area contributed by atoms with E-state index in [1.165, 1.54) is 0 Å². The highest BCUT2D eigenvalue weighted by atomic mass is 16.5. The molecule has 160 valence electrons. The van der Waals surface area contributed by atoms with Crippen molar-refractivity contribution in [2.75, 3.05) is 0 Å². The number of esters is 1. The second-order valence-electron chi connectivity index (χ2n) is 11.0. The van der Waals surface area contributed by atoms with Crippen LogP contribution in [0.5, 0.6) is 0 Å². The van der Waals surface area contributed by atoms with Crippen LogP contribution in [0.3, 0.4) is 0 Å². The smallest absolute Gasteiger partial charge is 0.339 e. The Labute approximate surface area is 169 Å². The fourth-order valence-electron chi connectivity index (χ4n) is 4.97. The lowest BCUT2D eigenvalue weighted by Crippen LogP contribution is -2.60. The molecule has 3 heteroatoms. The second kappa shape index (κ2) is 8.84. The van der Waals surface area contributed by atoms with Gasteiger partial charge in [-0.2, -0.15) is 0 Å². The van der Waals surface area contributed by atoms with Gasteiger partial charge in [-0.1, -0.05) is 54.4 Å². The molecule has 1 fully saturated rings. The van der Waals surface area contributed by atoms with E-state index >= 15 is 0 Å². The number of nitrogens with one attached hydrogen (secondary N) is 1. The summed E-state index contributed by atoms with van der Waals surface area (Å²) in [6.45, 7) is 22.6. The van der Waals surface area contributed by atoms with Gasteiger partial charge in [0.05, 0.1) is 0 Å². The monoisotopic (exact) mass is 382 g/mol. The van der Waals surface area contributed by atoms with E-state index in [9.17, 15) is 4.79 Å². The van der Waals surface area contributed by atoms with Gasteiger partial charge in [-0.3, -0.25) is 0 Å². The van der Waals surface area contributed by atoms with E-state index in [0.29, 0.717) is 0 Å². The first-order valence-corrected chi connectivity index (χ1v) is 11.3. The van der Waals surface area contributed by atoms with Gasteiger partial charge < -0.3 is 14.8 Å². The molecule has 0 aliphatic carbocycles. The molecular formula is C24H48NO2+. The van der Waals surface area contributed by atoms with Crippen LogP contribution in [0.25, 0.3) is 0 Å². The average molecular weight is 383 g/mol. The third-order valence-corrected chi connectivity index (χ3v) is 7.60. The van der Waals surface area contributed by atoms with Gasteiger partial charge in [0.2, 0.25) is 0 Å². The van der Waals surface area contributed by atoms with E-state index in [-0.39, 0.29) is 39.9 Å². The molecule has 0 radical (unpaired) electrons. The molecule has 27 heavy (non-hydrogen) atoms. The standard InChI is InChI=1S/C24H47NO2/c1-11-23(9,12-2)17-19(24(10,13-3)14-4)20(26)27-18-15-21(5,6)25-22(7,8)16-18/h18-19,25H,11-17H2,1-10H3/p+1. The van der Waals surface area contributed by atoms with Gasteiger partial charge in [0.15, 0.2) is 6.10 Å². The van der Waals surface area contributed by atoms with Crippen LogP contribution < -0.4 is 5.32 Å². The van der Waals surface area contributed by atoms with Gasteiger partial charge in [0.25, 0.3) is 0 Å². The molecule has 1 unspecified atom stereocenters. The first-order valence-electron chi connectivity index (χ1n) is 11.3. The molecule has 0 aromatic rings. The molecule has 1 aliphatic rings. The summed E-state index contributed by atoms with van der Waals surface area (Å²) in [5, 5.41) is 3.70. The Balaban J connectivity index is 3.06. The van der Waals surface area contributed by atoms with Crippen LogP contribution in [0.1, 0.15) is 114 Å². The van der Waals surface area contributed by atoms with Crippen molar-refractivity contribution in [1.29, 1.82) is 0 Å². The SMILES string of the molecule is CCC(C)(CC)CC(C(=[OH+])OC1CC(C)(C)NC(C)(C)C1)C(C)(CC)CC. The van der Waals surface area contributed by atoms with Crippen LogP contribution in [0.2, 0.25) is 0 Å². The number of hydrogen-bond donors (Lipinski definition) is 1. The molecule has 1 heterocycles. The predicted molar refractivity (Wildman–Crippen MR) is 118 cm³/mol. The molecule has 0 aromatic carbocycles. The maximum atomic E-state index is 11.2. The number of ether oxygens (including phenoxy) is 1. The zero-order valence-electron chi connectivity index (χ0n) is 20.0. The van der Waals surface area contributed by atoms with Crippen molar-refractivity contribution in [3.8, 4) is 0 Å². The first kappa shape index (κ1) is 24.5. The molecule has 0 saturated carbocycles. The Morgan fingerprint density at radius 1 is 0.963 bits per heavy atom. The van der Waals surface area contributed by atoms with E-state index in [4.69, 9.17) is 4.74 Å². The van der Waals surface area contributed by atoms with Crippen molar-refractivity contribution >= 4 is 5.97 Å². The summed E-state index contributed by atoms with van der Waals surface area (Å²) in [6, 6.07) is 0. The lowest BCUT2D eigenvalue weighted by Gasteiger charge is -2.44. The summed E-state index contributed by atoms with van der Waals surface area (Å²) in [5.41, 5.74) is 0.332. The van der Waals surface area contributed by atoms with Crippen molar-refractivity contribution in [3.05, 3.63) is 0 Å². The minimum Gasteiger partial charge on any atom is -0.339 e. The normalized spacial score (nSPS) is 21.7. The third-order valence-electron chi connectivity index (χ3n) is 7.60. The van der Waals surface area contributed by atoms with E-state index in [2.05, 4.69) is 74.6 Å². The van der Waals surface area contributed by atoms with Crippen LogP contribution in [0, 0.1) is 16.7 Å². The maximum Gasteiger partial charge on any atom is 0.486 e. The van der Waals surface area contributed by atoms with Crippen molar-refractivity contribution in [1.82, 2.24) is 5.32 Å². The Morgan fingerprint density at radius 3 is 1.78 bits per heavy atom. The highest BCUT2D eigenvalue weighted by Gasteiger charge is 2.48. The van der Waals surface area contributed by atoms with E-state index in [0.717, 1.165) is 44.9 Å². The van der Waals surface area contributed by atoms with Crippen LogP contribution in [0.15, 0.2) is 0 Å². The first-order chi connectivity index (χ1) is 12.3. The zero-order chi connectivity index (χ0) is 21.1. The van der Waals surface area contributed by atoms with Crippen molar-refractivity contribution in [3.63, 3.8) is 0 Å². The molecule has 0 amide bonds. The number of piperidine rings is 1. The van der Waals surface area contributed by atoms with Crippen LogP contribution in [-0.4, -0.2) is 27.9 Å². The van der Waals surface area contributed by atoms with Crippen molar-refractivity contribution < 1.29 is 9.53 Å². The fraction of sp³-hybridized carbons (Fsp3) is 0.958. The Hall–Kier alpha value is -0.570. The molecule has 3 nitrogen and oxygen atoms in total. The molecular weight excluding hydrogens is 334 g/mol. The van der Waals surface area contributed by atoms with Gasteiger partial charge in [0.1, 0.15) is 5.92 Å². The van der Waals surface area contributed by atoms with Crippen molar-refractivity contribution in [2.45, 2.75) is 131 Å². The average Bonchev–Trinajstić information content (AvgIpc) is 2.55. The van der Waals surface area contributed by atoms with E-state index < -0.39 is 0 Å². The lowest BCUT2D eigenvalue weighted by molar-refractivity contribution is 0.0216. The Kier molecular flexibility index (Phi) is 8.01. The van der Waals surface area contributed by atoms with E-state index in [1.54, 1.807) is 0 Å². The summed E-state index contributed by atoms with van der Waals surface area (Å²) < 4.78 is 6.34. The summed E-state index contributed by atoms with van der Waals surface area (Å²) >= 11 is 0. The number of rotatable bonds is 9. The minimum absolute atomic E-state index is 0.0162. The summed E-state index contributed by atoms with van der Waals surface area (Å²) in [5.74, 6) is 0.367. The van der Waals surface area contributed by atoms with Crippen molar-refractivity contribution in [2.24, 2.45) is 16.7 Å². The highest BCUT2D eigenvalue weighted by Crippen LogP contribution is 2.45.